The molecule has 0 radical (unpaired) electrons. The van der Waals surface area contributed by atoms with Gasteiger partial charge in [0, 0.05) is 0 Å². The van der Waals surface area contributed by atoms with Crippen LogP contribution in [0.25, 0.3) is 0 Å². The number of nitrogens with zero attached hydrogens (tertiary/aromatic N) is 1. The number of amides is 2. The zero-order chi connectivity index (χ0) is 20.1. The van der Waals surface area contributed by atoms with Gasteiger partial charge in [0.05, 0.1) is 26.6 Å². The molecule has 28 heavy (non-hydrogen) atoms. The van der Waals surface area contributed by atoms with Gasteiger partial charge in [0.1, 0.15) is 5.75 Å². The van der Waals surface area contributed by atoms with Gasteiger partial charge < -0.3 is 5.11 Å². The number of hydrogen-bond acceptors (Lipinski definition) is 5. The summed E-state index contributed by atoms with van der Waals surface area (Å²) in [7, 11) is -3.70. The van der Waals surface area contributed by atoms with Crippen LogP contribution < -0.4 is 4.90 Å². The van der Waals surface area contributed by atoms with Crippen LogP contribution in [0.3, 0.4) is 0 Å². The van der Waals surface area contributed by atoms with E-state index in [4.69, 9.17) is 0 Å². The molecule has 2 amide bonds. The summed E-state index contributed by atoms with van der Waals surface area (Å²) in [6.07, 6.45) is 0. The number of fused-ring (bicyclic) bond motifs is 1. The number of benzene rings is 3. The fourth-order valence-corrected chi connectivity index (χ4v) is 4.35. The molecular weight excluding hydrogens is 378 g/mol. The van der Waals surface area contributed by atoms with E-state index in [2.05, 4.69) is 0 Å². The number of rotatable bonds is 3. The van der Waals surface area contributed by atoms with Crippen LogP contribution in [0.5, 0.6) is 5.75 Å². The van der Waals surface area contributed by atoms with E-state index in [9.17, 15) is 23.1 Å². The first-order valence-electron chi connectivity index (χ1n) is 8.43. The molecule has 0 unspecified atom stereocenters. The number of imide groups is 1. The van der Waals surface area contributed by atoms with E-state index in [0.29, 0.717) is 0 Å². The van der Waals surface area contributed by atoms with Crippen molar-refractivity contribution >= 4 is 27.3 Å². The van der Waals surface area contributed by atoms with E-state index in [0.717, 1.165) is 10.5 Å². The second-order valence-electron chi connectivity index (χ2n) is 6.49. The van der Waals surface area contributed by atoms with Crippen molar-refractivity contribution in [2.75, 3.05) is 4.90 Å². The molecule has 0 saturated heterocycles. The molecule has 0 saturated carbocycles. The molecule has 1 aliphatic rings. The Labute approximate surface area is 161 Å². The van der Waals surface area contributed by atoms with Gasteiger partial charge in [-0.1, -0.05) is 17.7 Å². The molecule has 0 aromatic heterocycles. The highest BCUT2D eigenvalue weighted by molar-refractivity contribution is 7.91. The maximum Gasteiger partial charge on any atom is 0.266 e. The summed E-state index contributed by atoms with van der Waals surface area (Å²) in [5.41, 5.74) is 1.51. The number of carbonyl (C=O) groups is 2. The normalized spacial score (nSPS) is 13.7. The minimum Gasteiger partial charge on any atom is -0.508 e. The third kappa shape index (κ3) is 2.76. The molecule has 4 rings (SSSR count). The van der Waals surface area contributed by atoms with Crippen LogP contribution in [0, 0.1) is 6.92 Å². The van der Waals surface area contributed by atoms with Crippen molar-refractivity contribution < 1.29 is 23.1 Å². The summed E-state index contributed by atoms with van der Waals surface area (Å²) < 4.78 is 25.5. The molecule has 140 valence electrons. The largest absolute Gasteiger partial charge is 0.508 e. The highest BCUT2D eigenvalue weighted by atomic mass is 32.2. The average Bonchev–Trinajstić information content (AvgIpc) is 2.92. The molecule has 0 fully saturated rings. The summed E-state index contributed by atoms with van der Waals surface area (Å²) in [6.45, 7) is 1.87. The molecule has 0 spiro atoms. The minimum absolute atomic E-state index is 0.0642. The van der Waals surface area contributed by atoms with Crippen LogP contribution in [0.2, 0.25) is 0 Å². The van der Waals surface area contributed by atoms with Gasteiger partial charge >= 0.3 is 0 Å². The summed E-state index contributed by atoms with van der Waals surface area (Å²) in [6, 6.07) is 16.1. The third-order valence-corrected chi connectivity index (χ3v) is 6.39. The molecule has 0 bridgehead atoms. The maximum absolute atomic E-state index is 12.7. The third-order valence-electron chi connectivity index (χ3n) is 4.61. The van der Waals surface area contributed by atoms with Gasteiger partial charge in [-0.2, -0.15) is 0 Å². The van der Waals surface area contributed by atoms with Crippen molar-refractivity contribution in [2.45, 2.75) is 16.7 Å². The first-order valence-corrected chi connectivity index (χ1v) is 9.91. The van der Waals surface area contributed by atoms with Crippen LogP contribution in [-0.2, 0) is 9.84 Å². The van der Waals surface area contributed by atoms with Crippen molar-refractivity contribution in [1.29, 1.82) is 0 Å². The Balaban J connectivity index is 1.68. The Morgan fingerprint density at radius 1 is 0.750 bits per heavy atom. The fourth-order valence-electron chi connectivity index (χ4n) is 3.09. The molecule has 1 N–H and O–H groups in total. The van der Waals surface area contributed by atoms with E-state index < -0.39 is 21.7 Å². The summed E-state index contributed by atoms with van der Waals surface area (Å²) >= 11 is 0. The predicted octanol–water partition coefficient (Wildman–Crippen LogP) is 3.33. The molecule has 1 heterocycles. The van der Waals surface area contributed by atoms with E-state index in [1.165, 1.54) is 54.6 Å². The number of phenols is 1. The second kappa shape index (κ2) is 6.31. The van der Waals surface area contributed by atoms with Crippen LogP contribution in [-0.4, -0.2) is 25.3 Å². The molecule has 3 aromatic carbocycles. The first-order chi connectivity index (χ1) is 13.3. The van der Waals surface area contributed by atoms with Crippen LogP contribution in [0.4, 0.5) is 5.69 Å². The van der Waals surface area contributed by atoms with Crippen molar-refractivity contribution in [2.24, 2.45) is 0 Å². The quantitative estimate of drug-likeness (QED) is 0.689. The number of sulfone groups is 1. The Bertz CT molecular complexity index is 1210. The van der Waals surface area contributed by atoms with Gasteiger partial charge in [0.15, 0.2) is 0 Å². The Kier molecular flexibility index (Phi) is 4.05. The zero-order valence-corrected chi connectivity index (χ0v) is 15.6. The van der Waals surface area contributed by atoms with Gasteiger partial charge in [0.2, 0.25) is 9.84 Å². The summed E-state index contributed by atoms with van der Waals surface area (Å²) in [5, 5.41) is 9.56. The van der Waals surface area contributed by atoms with Crippen molar-refractivity contribution in [1.82, 2.24) is 0 Å². The Morgan fingerprint density at radius 2 is 1.29 bits per heavy atom. The van der Waals surface area contributed by atoms with Crippen LogP contribution in [0.1, 0.15) is 26.3 Å². The lowest BCUT2D eigenvalue weighted by atomic mass is 10.1. The van der Waals surface area contributed by atoms with Gasteiger partial charge in [-0.3, -0.25) is 9.59 Å². The maximum atomic E-state index is 12.7. The topological polar surface area (TPSA) is 91.8 Å². The van der Waals surface area contributed by atoms with Crippen molar-refractivity contribution in [3.05, 3.63) is 83.4 Å². The predicted molar refractivity (Wildman–Crippen MR) is 102 cm³/mol. The standard InChI is InChI=1S/C21H15NO5S/c1-13-2-7-16(8-3-13)28(26,27)17-9-4-14(5-10-17)22-20(24)18-11-6-15(23)12-19(18)21(22)25/h2-12,23H,1H3. The molecule has 0 aliphatic carbocycles. The molecule has 0 atom stereocenters. The molecule has 6 nitrogen and oxygen atoms in total. The lowest BCUT2D eigenvalue weighted by Gasteiger charge is -2.14. The van der Waals surface area contributed by atoms with Gasteiger partial charge in [-0.25, -0.2) is 13.3 Å². The van der Waals surface area contributed by atoms with Gasteiger partial charge in [-0.15, -0.1) is 0 Å². The Hall–Kier alpha value is -3.45. The van der Waals surface area contributed by atoms with Crippen LogP contribution >= 0.6 is 0 Å². The van der Waals surface area contributed by atoms with Crippen LogP contribution in [0.15, 0.2) is 76.5 Å². The zero-order valence-electron chi connectivity index (χ0n) is 14.8. The van der Waals surface area contributed by atoms with E-state index >= 15 is 0 Å². The van der Waals surface area contributed by atoms with E-state index in [-0.39, 0.29) is 32.4 Å². The number of anilines is 1. The van der Waals surface area contributed by atoms with Crippen molar-refractivity contribution in [3.8, 4) is 5.75 Å². The first kappa shape index (κ1) is 17.9. The number of hydrogen-bond donors (Lipinski definition) is 1. The fraction of sp³-hybridized carbons (Fsp3) is 0.0476. The Morgan fingerprint density at radius 3 is 1.89 bits per heavy atom. The number of carbonyl (C=O) groups excluding carboxylic acids is 2. The monoisotopic (exact) mass is 393 g/mol. The SMILES string of the molecule is Cc1ccc(S(=O)(=O)c2ccc(N3C(=O)c4ccc(O)cc4C3=O)cc2)cc1. The van der Waals surface area contributed by atoms with E-state index in [1.54, 1.807) is 12.1 Å². The molecular formula is C21H15NO5S. The smallest absolute Gasteiger partial charge is 0.266 e. The molecule has 7 heteroatoms. The molecule has 1 aliphatic heterocycles. The highest BCUT2D eigenvalue weighted by Gasteiger charge is 2.37. The van der Waals surface area contributed by atoms with Gasteiger partial charge in [-0.05, 0) is 61.5 Å². The second-order valence-corrected chi connectivity index (χ2v) is 8.44. The average molecular weight is 393 g/mol. The number of phenolic OH excluding ortho intramolecular Hbond substituents is 1. The lowest BCUT2D eigenvalue weighted by Crippen LogP contribution is -2.29. The minimum atomic E-state index is -3.70. The lowest BCUT2D eigenvalue weighted by molar-refractivity contribution is 0.0926. The summed E-state index contributed by atoms with van der Waals surface area (Å²) in [5.74, 6) is -1.19. The number of aromatic hydroxyl groups is 1. The van der Waals surface area contributed by atoms with E-state index in [1.807, 2.05) is 6.92 Å². The number of aryl methyl sites for hydroxylation is 1. The highest BCUT2D eigenvalue weighted by Crippen LogP contribution is 2.31. The van der Waals surface area contributed by atoms with Gasteiger partial charge in [0.25, 0.3) is 11.8 Å². The molecule has 3 aromatic rings. The van der Waals surface area contributed by atoms with Crippen molar-refractivity contribution in [3.63, 3.8) is 0 Å². The summed E-state index contributed by atoms with van der Waals surface area (Å²) in [4.78, 5) is 26.3.